The summed E-state index contributed by atoms with van der Waals surface area (Å²) in [5.74, 6) is 0.475. The molecule has 134 valence electrons. The first-order chi connectivity index (χ1) is 12.6. The third-order valence-electron chi connectivity index (χ3n) is 4.59. The molecule has 26 heavy (non-hydrogen) atoms. The van der Waals surface area contributed by atoms with Gasteiger partial charge in [0.15, 0.2) is 0 Å². The van der Waals surface area contributed by atoms with Crippen LogP contribution in [0.2, 0.25) is 0 Å². The van der Waals surface area contributed by atoms with Crippen LogP contribution in [0.25, 0.3) is 10.8 Å². The summed E-state index contributed by atoms with van der Waals surface area (Å²) in [4.78, 5) is 0.337. The van der Waals surface area contributed by atoms with Crippen molar-refractivity contribution in [2.24, 2.45) is 0 Å². The molecule has 0 aliphatic carbocycles. The lowest BCUT2D eigenvalue weighted by Gasteiger charge is -2.31. The van der Waals surface area contributed by atoms with Gasteiger partial charge in [0, 0.05) is 25.4 Å². The Morgan fingerprint density at radius 1 is 0.962 bits per heavy atom. The van der Waals surface area contributed by atoms with E-state index in [-0.39, 0.29) is 6.10 Å². The fourth-order valence-electron chi connectivity index (χ4n) is 3.19. The van der Waals surface area contributed by atoms with E-state index < -0.39 is 10.0 Å². The molecule has 1 fully saturated rings. The number of aromatic nitrogens is 2. The lowest BCUT2D eigenvalue weighted by molar-refractivity contribution is 0.128. The van der Waals surface area contributed by atoms with Crippen LogP contribution in [-0.2, 0) is 10.0 Å². The van der Waals surface area contributed by atoms with Gasteiger partial charge in [-0.05, 0) is 41.8 Å². The van der Waals surface area contributed by atoms with Gasteiger partial charge in [-0.2, -0.15) is 9.40 Å². The molecule has 0 atom stereocenters. The minimum atomic E-state index is -3.50. The molecule has 2 aromatic carbocycles. The third kappa shape index (κ3) is 3.40. The normalized spacial score (nSPS) is 16.6. The molecule has 0 saturated carbocycles. The Morgan fingerprint density at radius 3 is 2.46 bits per heavy atom. The summed E-state index contributed by atoms with van der Waals surface area (Å²) >= 11 is 0. The number of nitrogens with zero attached hydrogens (tertiary/aromatic N) is 3. The van der Waals surface area contributed by atoms with Gasteiger partial charge in [0.25, 0.3) is 0 Å². The molecule has 1 aliphatic rings. The molecular formula is C19H19N3O3S. The van der Waals surface area contributed by atoms with Crippen molar-refractivity contribution in [3.8, 4) is 5.88 Å². The second-order valence-corrected chi connectivity index (χ2v) is 8.23. The number of sulfonamides is 1. The highest BCUT2D eigenvalue weighted by atomic mass is 32.2. The van der Waals surface area contributed by atoms with E-state index in [1.54, 1.807) is 30.5 Å². The minimum absolute atomic E-state index is 0.0465. The van der Waals surface area contributed by atoms with Crippen LogP contribution in [0, 0.1) is 0 Å². The molecule has 1 aliphatic heterocycles. The van der Waals surface area contributed by atoms with Gasteiger partial charge in [-0.1, -0.05) is 30.3 Å². The Hall–Kier alpha value is -2.51. The Balaban J connectivity index is 1.47. The minimum Gasteiger partial charge on any atom is -0.473 e. The average Bonchev–Trinajstić information content (AvgIpc) is 2.69. The fraction of sp³-hybridized carbons (Fsp3) is 0.263. The lowest BCUT2D eigenvalue weighted by Crippen LogP contribution is -2.41. The van der Waals surface area contributed by atoms with Crippen LogP contribution in [0.3, 0.4) is 0 Å². The van der Waals surface area contributed by atoms with Crippen molar-refractivity contribution in [2.45, 2.75) is 23.8 Å². The molecule has 2 heterocycles. The van der Waals surface area contributed by atoms with Gasteiger partial charge in [0.2, 0.25) is 15.9 Å². The van der Waals surface area contributed by atoms with Crippen LogP contribution in [0.4, 0.5) is 0 Å². The maximum atomic E-state index is 13.0. The van der Waals surface area contributed by atoms with Gasteiger partial charge in [0.05, 0.1) is 4.90 Å². The largest absolute Gasteiger partial charge is 0.473 e. The topological polar surface area (TPSA) is 72.4 Å². The van der Waals surface area contributed by atoms with Crippen molar-refractivity contribution in [3.63, 3.8) is 0 Å². The first-order valence-electron chi connectivity index (χ1n) is 8.56. The number of ether oxygens (including phenoxy) is 1. The zero-order chi connectivity index (χ0) is 18.0. The predicted octanol–water partition coefficient (Wildman–Crippen LogP) is 2.86. The molecule has 0 bridgehead atoms. The van der Waals surface area contributed by atoms with Gasteiger partial charge in [-0.15, -0.1) is 5.10 Å². The van der Waals surface area contributed by atoms with E-state index in [0.717, 1.165) is 10.8 Å². The summed E-state index contributed by atoms with van der Waals surface area (Å²) < 4.78 is 33.2. The molecule has 1 saturated heterocycles. The van der Waals surface area contributed by atoms with Crippen molar-refractivity contribution in [1.29, 1.82) is 0 Å². The summed E-state index contributed by atoms with van der Waals surface area (Å²) in [6.07, 6.45) is 2.80. The maximum Gasteiger partial charge on any atom is 0.243 e. The van der Waals surface area contributed by atoms with Crippen molar-refractivity contribution < 1.29 is 13.2 Å². The number of benzene rings is 2. The molecule has 6 nitrogen and oxygen atoms in total. The van der Waals surface area contributed by atoms with Gasteiger partial charge in [-0.25, -0.2) is 8.42 Å². The molecule has 7 heteroatoms. The maximum absolute atomic E-state index is 13.0. The monoisotopic (exact) mass is 369 g/mol. The average molecular weight is 369 g/mol. The number of piperidine rings is 1. The molecule has 0 spiro atoms. The molecule has 0 N–H and O–H groups in total. The van der Waals surface area contributed by atoms with E-state index in [1.807, 2.05) is 30.3 Å². The summed E-state index contributed by atoms with van der Waals surface area (Å²) in [5, 5.41) is 9.66. The number of fused-ring (bicyclic) bond motifs is 1. The van der Waals surface area contributed by atoms with Gasteiger partial charge >= 0.3 is 0 Å². The van der Waals surface area contributed by atoms with E-state index in [4.69, 9.17) is 4.74 Å². The summed E-state index contributed by atoms with van der Waals surface area (Å²) in [5.41, 5.74) is 0. The molecule has 0 radical (unpaired) electrons. The third-order valence-corrected chi connectivity index (χ3v) is 6.49. The van der Waals surface area contributed by atoms with Crippen LogP contribution in [-0.4, -0.2) is 42.1 Å². The molecule has 0 amide bonds. The Labute approximate surface area is 152 Å². The summed E-state index contributed by atoms with van der Waals surface area (Å²) in [6.45, 7) is 0.861. The molecule has 4 rings (SSSR count). The van der Waals surface area contributed by atoms with Crippen molar-refractivity contribution in [2.75, 3.05) is 13.1 Å². The van der Waals surface area contributed by atoms with Crippen LogP contribution >= 0.6 is 0 Å². The highest BCUT2D eigenvalue weighted by Crippen LogP contribution is 2.25. The molecule has 1 aromatic heterocycles. The van der Waals surface area contributed by atoms with Crippen molar-refractivity contribution >= 4 is 20.8 Å². The first-order valence-corrected chi connectivity index (χ1v) is 10.0. The Bertz CT molecular complexity index is 1000. The van der Waals surface area contributed by atoms with E-state index in [0.29, 0.717) is 36.7 Å². The molecular weight excluding hydrogens is 350 g/mol. The smallest absolute Gasteiger partial charge is 0.243 e. The highest BCUT2D eigenvalue weighted by molar-refractivity contribution is 7.89. The predicted molar refractivity (Wildman–Crippen MR) is 98.4 cm³/mol. The van der Waals surface area contributed by atoms with Crippen LogP contribution < -0.4 is 4.74 Å². The van der Waals surface area contributed by atoms with Gasteiger partial charge in [0.1, 0.15) is 6.10 Å². The highest BCUT2D eigenvalue weighted by Gasteiger charge is 2.30. The number of rotatable bonds is 4. The van der Waals surface area contributed by atoms with Crippen LogP contribution in [0.5, 0.6) is 5.88 Å². The second kappa shape index (κ2) is 7.01. The van der Waals surface area contributed by atoms with Gasteiger partial charge < -0.3 is 4.74 Å². The zero-order valence-corrected chi connectivity index (χ0v) is 15.0. The van der Waals surface area contributed by atoms with Crippen molar-refractivity contribution in [1.82, 2.24) is 14.5 Å². The Kier molecular flexibility index (Phi) is 4.57. The SMILES string of the molecule is O=S(=O)(c1ccc2ccccc2c1)N1CCC(Oc2cccnn2)CC1. The fourth-order valence-corrected chi connectivity index (χ4v) is 4.69. The van der Waals surface area contributed by atoms with Crippen molar-refractivity contribution in [3.05, 3.63) is 60.8 Å². The van der Waals surface area contributed by atoms with E-state index >= 15 is 0 Å². The summed E-state index contributed by atoms with van der Waals surface area (Å²) in [7, 11) is -3.50. The van der Waals surface area contributed by atoms with Gasteiger partial charge in [-0.3, -0.25) is 0 Å². The molecule has 0 unspecified atom stereocenters. The molecule has 3 aromatic rings. The quantitative estimate of drug-likeness (QED) is 0.707. The van der Waals surface area contributed by atoms with E-state index in [1.165, 1.54) is 4.31 Å². The van der Waals surface area contributed by atoms with Crippen LogP contribution in [0.1, 0.15) is 12.8 Å². The summed E-state index contributed by atoms with van der Waals surface area (Å²) in [6, 6.07) is 16.6. The first kappa shape index (κ1) is 16.9. The number of hydrogen-bond acceptors (Lipinski definition) is 5. The standard InChI is InChI=1S/C19H19N3O3S/c23-26(24,18-8-7-15-4-1-2-5-16(15)14-18)22-12-9-17(10-13-22)25-19-6-3-11-20-21-19/h1-8,11,14,17H,9-10,12-13H2. The van der Waals surface area contributed by atoms with Crippen LogP contribution in [0.15, 0.2) is 65.7 Å². The Morgan fingerprint density at radius 2 is 1.73 bits per heavy atom. The number of hydrogen-bond donors (Lipinski definition) is 0. The van der Waals surface area contributed by atoms with E-state index in [2.05, 4.69) is 10.2 Å². The van der Waals surface area contributed by atoms with E-state index in [9.17, 15) is 8.42 Å². The lowest BCUT2D eigenvalue weighted by atomic mass is 10.1. The second-order valence-electron chi connectivity index (χ2n) is 6.29. The zero-order valence-electron chi connectivity index (χ0n) is 14.2.